The van der Waals surface area contributed by atoms with Crippen molar-refractivity contribution in [1.29, 1.82) is 0 Å². The Morgan fingerprint density at radius 3 is 2.46 bits per heavy atom. The Balaban J connectivity index is 2.93. The van der Waals surface area contributed by atoms with Crippen molar-refractivity contribution in [2.75, 3.05) is 38.3 Å². The maximum Gasteiger partial charge on any atom is 0.414 e. The minimum absolute atomic E-state index is 0.0476. The van der Waals surface area contributed by atoms with E-state index in [4.69, 9.17) is 19.9 Å². The Kier molecular flexibility index (Phi) is 10.0. The summed E-state index contributed by atoms with van der Waals surface area (Å²) in [6.45, 7) is 9.88. The molecular formula is C18H31N5O5. The van der Waals surface area contributed by atoms with Crippen LogP contribution in [0.25, 0.3) is 0 Å². The number of methoxy groups -OCH3 is 1. The molecule has 2 amide bonds. The summed E-state index contributed by atoms with van der Waals surface area (Å²) in [6.07, 6.45) is 0.901. The number of aromatic nitrogens is 2. The molecule has 1 rings (SSSR count). The van der Waals surface area contributed by atoms with Crippen LogP contribution in [0.1, 0.15) is 34.1 Å². The van der Waals surface area contributed by atoms with Gasteiger partial charge >= 0.3 is 6.09 Å². The monoisotopic (exact) mass is 397 g/mol. The normalized spacial score (nSPS) is 11.8. The molecule has 28 heavy (non-hydrogen) atoms. The predicted octanol–water partition coefficient (Wildman–Crippen LogP) is 1.34. The van der Waals surface area contributed by atoms with Crippen molar-refractivity contribution in [2.45, 2.75) is 40.2 Å². The molecule has 0 radical (unpaired) electrons. The lowest BCUT2D eigenvalue weighted by molar-refractivity contribution is -0.120. The number of nitrogens with zero attached hydrogens (tertiary/aromatic N) is 3. The Labute approximate surface area is 165 Å². The van der Waals surface area contributed by atoms with Gasteiger partial charge in [-0.25, -0.2) is 9.78 Å². The van der Waals surface area contributed by atoms with Crippen molar-refractivity contribution in [1.82, 2.24) is 15.3 Å². The molecule has 158 valence electrons. The van der Waals surface area contributed by atoms with Gasteiger partial charge in [0.05, 0.1) is 12.8 Å². The molecule has 0 fully saturated rings. The zero-order chi connectivity index (χ0) is 21.1. The average Bonchev–Trinajstić information content (AvgIpc) is 2.63. The molecule has 0 unspecified atom stereocenters. The van der Waals surface area contributed by atoms with Crippen LogP contribution >= 0.6 is 0 Å². The molecule has 0 bridgehead atoms. The molecule has 0 aliphatic rings. The lowest BCUT2D eigenvalue weighted by Gasteiger charge is -2.22. The van der Waals surface area contributed by atoms with Crippen molar-refractivity contribution >= 4 is 17.8 Å². The van der Waals surface area contributed by atoms with Gasteiger partial charge in [-0.1, -0.05) is 13.8 Å². The summed E-state index contributed by atoms with van der Waals surface area (Å²) in [5, 5.41) is 2.45. The number of carbonyl (C=O) groups excluding carboxylic acids is 2. The number of anilines is 1. The van der Waals surface area contributed by atoms with Crippen molar-refractivity contribution in [2.24, 2.45) is 11.7 Å². The lowest BCUT2D eigenvalue weighted by atomic mass is 10.0. The minimum atomic E-state index is -0.836. The molecular weight excluding hydrogens is 366 g/mol. The van der Waals surface area contributed by atoms with Crippen LogP contribution in [0.5, 0.6) is 11.8 Å². The molecule has 10 nitrogen and oxygen atoms in total. The number of rotatable bonds is 12. The van der Waals surface area contributed by atoms with Crippen LogP contribution in [0.15, 0.2) is 6.20 Å². The Morgan fingerprint density at radius 2 is 1.93 bits per heavy atom. The van der Waals surface area contributed by atoms with Gasteiger partial charge in [0.15, 0.2) is 5.82 Å². The quantitative estimate of drug-likeness (QED) is 0.506. The van der Waals surface area contributed by atoms with E-state index in [9.17, 15) is 9.59 Å². The second kappa shape index (κ2) is 12.0. The number of primary amides is 1. The molecule has 0 aromatic carbocycles. The second-order valence-corrected chi connectivity index (χ2v) is 6.47. The number of carbonyl (C=O) groups is 2. The number of ether oxygens (including phenoxy) is 3. The number of hydrogen-bond acceptors (Lipinski definition) is 8. The summed E-state index contributed by atoms with van der Waals surface area (Å²) >= 11 is 0. The number of nitrogens with two attached hydrogens (primary N) is 1. The van der Waals surface area contributed by atoms with Gasteiger partial charge in [-0.05, 0) is 26.2 Å². The van der Waals surface area contributed by atoms with E-state index in [1.165, 1.54) is 6.20 Å². The maximum absolute atomic E-state index is 12.1. The highest BCUT2D eigenvalue weighted by Crippen LogP contribution is 2.26. The molecule has 1 atom stereocenters. The Morgan fingerprint density at radius 1 is 1.25 bits per heavy atom. The summed E-state index contributed by atoms with van der Waals surface area (Å²) in [5.74, 6) is 0.279. The van der Waals surface area contributed by atoms with Crippen molar-refractivity contribution in [3.05, 3.63) is 6.20 Å². The summed E-state index contributed by atoms with van der Waals surface area (Å²) in [7, 11) is 1.57. The van der Waals surface area contributed by atoms with E-state index in [1.807, 2.05) is 32.6 Å². The molecule has 10 heteroatoms. The lowest BCUT2D eigenvalue weighted by Crippen LogP contribution is -2.46. The molecule has 1 aromatic rings. The van der Waals surface area contributed by atoms with E-state index in [1.54, 1.807) is 7.11 Å². The second-order valence-electron chi connectivity index (χ2n) is 6.47. The van der Waals surface area contributed by atoms with Gasteiger partial charge in [0, 0.05) is 20.2 Å². The first-order valence-electron chi connectivity index (χ1n) is 9.33. The average molecular weight is 397 g/mol. The van der Waals surface area contributed by atoms with Crippen LogP contribution in [0.2, 0.25) is 0 Å². The van der Waals surface area contributed by atoms with Gasteiger partial charge in [-0.3, -0.25) is 4.79 Å². The maximum atomic E-state index is 12.1. The van der Waals surface area contributed by atoms with Crippen LogP contribution in [-0.4, -0.2) is 61.4 Å². The first-order chi connectivity index (χ1) is 13.3. The first-order valence-corrected chi connectivity index (χ1v) is 9.33. The fourth-order valence-corrected chi connectivity index (χ4v) is 2.44. The zero-order valence-electron chi connectivity index (χ0n) is 17.2. The van der Waals surface area contributed by atoms with E-state index in [-0.39, 0.29) is 24.3 Å². The third-order valence-electron chi connectivity index (χ3n) is 3.83. The highest BCUT2D eigenvalue weighted by atomic mass is 16.6. The van der Waals surface area contributed by atoms with E-state index < -0.39 is 18.0 Å². The first kappa shape index (κ1) is 23.4. The van der Waals surface area contributed by atoms with E-state index in [2.05, 4.69) is 15.3 Å². The minimum Gasteiger partial charge on any atom is -0.473 e. The molecule has 3 N–H and O–H groups in total. The largest absolute Gasteiger partial charge is 0.473 e. The van der Waals surface area contributed by atoms with Crippen LogP contribution in [0, 0.1) is 5.92 Å². The fraction of sp³-hybridized carbons (Fsp3) is 0.667. The third-order valence-corrected chi connectivity index (χ3v) is 3.83. The summed E-state index contributed by atoms with van der Waals surface area (Å²) in [5.41, 5.74) is 5.33. The highest BCUT2D eigenvalue weighted by Gasteiger charge is 2.22. The molecule has 0 aliphatic carbocycles. The molecule has 1 aromatic heterocycles. The molecule has 0 aliphatic heterocycles. The Bertz CT molecular complexity index is 637. The van der Waals surface area contributed by atoms with Gasteiger partial charge < -0.3 is 30.2 Å². The highest BCUT2D eigenvalue weighted by molar-refractivity contribution is 5.84. The summed E-state index contributed by atoms with van der Waals surface area (Å²) in [4.78, 5) is 34.1. The smallest absolute Gasteiger partial charge is 0.414 e. The van der Waals surface area contributed by atoms with Gasteiger partial charge in [0.1, 0.15) is 12.6 Å². The van der Waals surface area contributed by atoms with Gasteiger partial charge in [-0.2, -0.15) is 4.98 Å². The van der Waals surface area contributed by atoms with Crippen molar-refractivity contribution < 1.29 is 23.8 Å². The molecule has 0 saturated carbocycles. The van der Waals surface area contributed by atoms with E-state index in [0.717, 1.165) is 0 Å². The molecule has 0 spiro atoms. The topological polar surface area (TPSA) is 129 Å². The number of nitrogens with one attached hydrogen (secondary N) is 1. The fourth-order valence-electron chi connectivity index (χ4n) is 2.44. The van der Waals surface area contributed by atoms with Gasteiger partial charge in [0.25, 0.3) is 5.88 Å². The zero-order valence-corrected chi connectivity index (χ0v) is 17.2. The van der Waals surface area contributed by atoms with E-state index in [0.29, 0.717) is 31.9 Å². The number of hydrogen-bond donors (Lipinski definition) is 2. The van der Waals surface area contributed by atoms with Crippen LogP contribution in [0.4, 0.5) is 10.6 Å². The third kappa shape index (κ3) is 7.55. The molecule has 1 heterocycles. The summed E-state index contributed by atoms with van der Waals surface area (Å²) < 4.78 is 15.8. The van der Waals surface area contributed by atoms with Crippen molar-refractivity contribution in [3.63, 3.8) is 0 Å². The van der Waals surface area contributed by atoms with Gasteiger partial charge in [-0.15, -0.1) is 0 Å². The van der Waals surface area contributed by atoms with Gasteiger partial charge in [0.2, 0.25) is 11.8 Å². The molecule has 0 saturated heterocycles. The Hall–Kier alpha value is -2.62. The van der Waals surface area contributed by atoms with Crippen LogP contribution in [-0.2, 0) is 9.53 Å². The summed E-state index contributed by atoms with van der Waals surface area (Å²) in [6, 6.07) is -0.826. The van der Waals surface area contributed by atoms with Crippen molar-refractivity contribution in [3.8, 4) is 11.8 Å². The standard InChI is InChI=1S/C18H31N5O5/c1-6-23(7-2)16-17(27-9-8-26-5)22-14(11-20-16)28-18(25)21-13(15(19)24)10-12(3)4/h11-13H,6-10H2,1-5H3,(H2,19,24)(H,21,25)/t13-/m0/s1. The predicted molar refractivity (Wildman–Crippen MR) is 105 cm³/mol. The van der Waals surface area contributed by atoms with Crippen LogP contribution in [0.3, 0.4) is 0 Å². The SMILES string of the molecule is CCN(CC)c1ncc(OC(=O)N[C@@H](CC(C)C)C(N)=O)nc1OCCOC. The van der Waals surface area contributed by atoms with Crippen LogP contribution < -0.4 is 25.4 Å². The number of amides is 2. The van der Waals surface area contributed by atoms with E-state index >= 15 is 0 Å².